The van der Waals surface area contributed by atoms with Gasteiger partial charge in [-0.1, -0.05) is 31.2 Å². The van der Waals surface area contributed by atoms with Gasteiger partial charge in [-0.25, -0.2) is 4.79 Å². The van der Waals surface area contributed by atoms with E-state index < -0.39 is 5.97 Å². The predicted molar refractivity (Wildman–Crippen MR) is 83.3 cm³/mol. The molecule has 0 fully saturated rings. The summed E-state index contributed by atoms with van der Waals surface area (Å²) in [4.78, 5) is 23.8. The summed E-state index contributed by atoms with van der Waals surface area (Å²) in [7, 11) is 1.49. The van der Waals surface area contributed by atoms with Crippen LogP contribution in [0.3, 0.4) is 0 Å². The van der Waals surface area contributed by atoms with Crippen LogP contribution in [-0.4, -0.2) is 19.0 Å². The number of rotatable bonds is 5. The van der Waals surface area contributed by atoms with Gasteiger partial charge in [0, 0.05) is 6.42 Å². The van der Waals surface area contributed by atoms with Crippen LogP contribution in [0.1, 0.15) is 23.7 Å². The number of carbonyl (C=O) groups excluding carboxylic acids is 2. The van der Waals surface area contributed by atoms with Gasteiger partial charge in [0.25, 0.3) is 0 Å². The van der Waals surface area contributed by atoms with E-state index in [2.05, 4.69) is 5.32 Å². The lowest BCUT2D eigenvalue weighted by Crippen LogP contribution is -2.14. The highest BCUT2D eigenvalue weighted by atomic mass is 16.5. The molecule has 2 aromatic rings. The summed E-state index contributed by atoms with van der Waals surface area (Å²) in [6, 6.07) is 13.6. The zero-order chi connectivity index (χ0) is 15.9. The van der Waals surface area contributed by atoms with Gasteiger partial charge in [-0.2, -0.15) is 0 Å². The Kier molecular flexibility index (Phi) is 5.14. The number of para-hydroxylation sites is 3. The summed E-state index contributed by atoms with van der Waals surface area (Å²) in [6.45, 7) is 1.75. The molecule has 0 bridgehead atoms. The maximum Gasteiger partial charge on any atom is 0.347 e. The Morgan fingerprint density at radius 1 is 1.00 bits per heavy atom. The number of esters is 1. The van der Waals surface area contributed by atoms with Crippen molar-refractivity contribution in [3.8, 4) is 11.5 Å². The third kappa shape index (κ3) is 3.63. The van der Waals surface area contributed by atoms with Crippen molar-refractivity contribution in [1.82, 2.24) is 0 Å². The number of anilines is 1. The highest BCUT2D eigenvalue weighted by Gasteiger charge is 2.16. The highest BCUT2D eigenvalue weighted by Crippen LogP contribution is 2.26. The summed E-state index contributed by atoms with van der Waals surface area (Å²) in [6.07, 6.45) is 0.342. The molecule has 0 saturated heterocycles. The van der Waals surface area contributed by atoms with E-state index in [-0.39, 0.29) is 5.91 Å². The number of methoxy groups -OCH3 is 1. The maximum absolute atomic E-state index is 12.3. The first-order valence-corrected chi connectivity index (χ1v) is 6.89. The van der Waals surface area contributed by atoms with Gasteiger partial charge in [0.15, 0.2) is 5.75 Å². The summed E-state index contributed by atoms with van der Waals surface area (Å²) >= 11 is 0. The van der Waals surface area contributed by atoms with Gasteiger partial charge in [0.05, 0.1) is 12.8 Å². The molecule has 5 heteroatoms. The van der Waals surface area contributed by atoms with Gasteiger partial charge < -0.3 is 14.8 Å². The molecule has 2 aromatic carbocycles. The van der Waals surface area contributed by atoms with Crippen LogP contribution in [0.15, 0.2) is 48.5 Å². The van der Waals surface area contributed by atoms with E-state index >= 15 is 0 Å². The van der Waals surface area contributed by atoms with E-state index in [0.29, 0.717) is 29.2 Å². The van der Waals surface area contributed by atoms with Crippen LogP contribution in [0.5, 0.6) is 11.5 Å². The van der Waals surface area contributed by atoms with Crippen molar-refractivity contribution in [3.63, 3.8) is 0 Å². The summed E-state index contributed by atoms with van der Waals surface area (Å²) in [5.41, 5.74) is 0.777. The van der Waals surface area contributed by atoms with Crippen LogP contribution in [0.25, 0.3) is 0 Å². The third-order valence-corrected chi connectivity index (χ3v) is 3.01. The first-order valence-electron chi connectivity index (χ1n) is 6.89. The molecular formula is C17H17NO4. The molecule has 0 spiro atoms. The lowest BCUT2D eigenvalue weighted by Gasteiger charge is -2.12. The number of carbonyl (C=O) groups is 2. The smallest absolute Gasteiger partial charge is 0.347 e. The molecule has 2 rings (SSSR count). The fraction of sp³-hybridized carbons (Fsp3) is 0.176. The number of nitrogens with one attached hydrogen (secondary N) is 1. The van der Waals surface area contributed by atoms with Gasteiger partial charge in [-0.05, 0) is 24.3 Å². The van der Waals surface area contributed by atoms with Crippen LogP contribution >= 0.6 is 0 Å². The monoisotopic (exact) mass is 299 g/mol. The van der Waals surface area contributed by atoms with E-state index in [9.17, 15) is 9.59 Å². The maximum atomic E-state index is 12.3. The number of hydrogen-bond acceptors (Lipinski definition) is 4. The summed E-state index contributed by atoms with van der Waals surface area (Å²) in [5, 5.41) is 2.70. The molecule has 0 atom stereocenters. The van der Waals surface area contributed by atoms with E-state index in [4.69, 9.17) is 9.47 Å². The highest BCUT2D eigenvalue weighted by molar-refractivity contribution is 5.96. The van der Waals surface area contributed by atoms with Crippen LogP contribution in [0.2, 0.25) is 0 Å². The van der Waals surface area contributed by atoms with Crippen molar-refractivity contribution in [2.75, 3.05) is 12.4 Å². The fourth-order valence-corrected chi connectivity index (χ4v) is 1.87. The molecule has 22 heavy (non-hydrogen) atoms. The number of ether oxygens (including phenoxy) is 2. The Balaban J connectivity index is 2.23. The molecule has 0 aliphatic rings. The van der Waals surface area contributed by atoms with Crippen LogP contribution in [0.4, 0.5) is 5.69 Å². The molecule has 114 valence electrons. The molecule has 1 N–H and O–H groups in total. The van der Waals surface area contributed by atoms with Crippen LogP contribution < -0.4 is 14.8 Å². The Hall–Kier alpha value is -2.82. The Labute approximate surface area is 128 Å². The Bertz CT molecular complexity index is 682. The minimum atomic E-state index is -0.546. The normalized spacial score (nSPS) is 9.91. The summed E-state index contributed by atoms with van der Waals surface area (Å²) in [5.74, 6) is 0.0271. The Morgan fingerprint density at radius 2 is 1.64 bits per heavy atom. The lowest BCUT2D eigenvalue weighted by atomic mass is 10.2. The first kappa shape index (κ1) is 15.6. The molecule has 0 aliphatic heterocycles. The van der Waals surface area contributed by atoms with E-state index in [1.54, 1.807) is 55.5 Å². The number of amides is 1. The Morgan fingerprint density at radius 3 is 2.32 bits per heavy atom. The van der Waals surface area contributed by atoms with E-state index in [1.165, 1.54) is 7.11 Å². The van der Waals surface area contributed by atoms with Gasteiger partial charge in [-0.15, -0.1) is 0 Å². The minimum absolute atomic E-state index is 0.152. The molecule has 0 aromatic heterocycles. The average molecular weight is 299 g/mol. The van der Waals surface area contributed by atoms with Crippen molar-refractivity contribution >= 4 is 17.6 Å². The molecule has 0 heterocycles. The quantitative estimate of drug-likeness (QED) is 0.680. The van der Waals surface area contributed by atoms with Crippen molar-refractivity contribution in [2.24, 2.45) is 0 Å². The van der Waals surface area contributed by atoms with Gasteiger partial charge in [0.2, 0.25) is 5.91 Å². The predicted octanol–water partition coefficient (Wildman–Crippen LogP) is 3.26. The molecule has 0 radical (unpaired) electrons. The second-order valence-corrected chi connectivity index (χ2v) is 4.49. The SMILES string of the molecule is CCC(=O)Nc1ccccc1OC(=O)c1ccccc1OC. The molecule has 0 aliphatic carbocycles. The first-order chi connectivity index (χ1) is 10.7. The third-order valence-electron chi connectivity index (χ3n) is 3.01. The molecule has 5 nitrogen and oxygen atoms in total. The second-order valence-electron chi connectivity index (χ2n) is 4.49. The minimum Gasteiger partial charge on any atom is -0.496 e. The van der Waals surface area contributed by atoms with E-state index in [1.807, 2.05) is 0 Å². The largest absolute Gasteiger partial charge is 0.496 e. The van der Waals surface area contributed by atoms with Gasteiger partial charge in [0.1, 0.15) is 11.3 Å². The topological polar surface area (TPSA) is 64.6 Å². The standard InChI is InChI=1S/C17H17NO4/c1-3-16(19)18-13-9-5-7-11-15(13)22-17(20)12-8-4-6-10-14(12)21-2/h4-11H,3H2,1-2H3,(H,18,19). The number of hydrogen-bond donors (Lipinski definition) is 1. The average Bonchev–Trinajstić information content (AvgIpc) is 2.56. The molecule has 0 unspecified atom stereocenters. The van der Waals surface area contributed by atoms with Crippen molar-refractivity contribution in [3.05, 3.63) is 54.1 Å². The zero-order valence-corrected chi connectivity index (χ0v) is 12.5. The van der Waals surface area contributed by atoms with Crippen molar-refractivity contribution < 1.29 is 19.1 Å². The number of benzene rings is 2. The second kappa shape index (κ2) is 7.26. The summed E-state index contributed by atoms with van der Waals surface area (Å²) < 4.78 is 10.5. The van der Waals surface area contributed by atoms with Crippen LogP contribution in [-0.2, 0) is 4.79 Å². The van der Waals surface area contributed by atoms with Gasteiger partial charge in [-0.3, -0.25) is 4.79 Å². The lowest BCUT2D eigenvalue weighted by molar-refractivity contribution is -0.115. The van der Waals surface area contributed by atoms with Crippen molar-refractivity contribution in [2.45, 2.75) is 13.3 Å². The fourth-order valence-electron chi connectivity index (χ4n) is 1.87. The zero-order valence-electron chi connectivity index (χ0n) is 12.5. The molecular weight excluding hydrogens is 282 g/mol. The molecule has 1 amide bonds. The van der Waals surface area contributed by atoms with E-state index in [0.717, 1.165) is 0 Å². The van der Waals surface area contributed by atoms with Gasteiger partial charge >= 0.3 is 5.97 Å². The van der Waals surface area contributed by atoms with Crippen LogP contribution in [0, 0.1) is 0 Å². The van der Waals surface area contributed by atoms with Crippen molar-refractivity contribution in [1.29, 1.82) is 0 Å². The molecule has 0 saturated carbocycles.